The minimum absolute atomic E-state index is 0.0579. The quantitative estimate of drug-likeness (QED) is 0.720. The van der Waals surface area contributed by atoms with E-state index in [1.54, 1.807) is 43.3 Å². The SMILES string of the molecule is Cc1cccc(O)c1C(N)=O.Oc1ccccc1. The second-order valence-corrected chi connectivity index (χ2v) is 3.67. The summed E-state index contributed by atoms with van der Waals surface area (Å²) >= 11 is 0. The number of aryl methyl sites for hydroxylation is 1. The van der Waals surface area contributed by atoms with Crippen LogP contribution < -0.4 is 5.73 Å². The summed E-state index contributed by atoms with van der Waals surface area (Å²) in [4.78, 5) is 10.7. The first-order valence-electron chi connectivity index (χ1n) is 5.34. The van der Waals surface area contributed by atoms with Crippen LogP contribution >= 0.6 is 0 Å². The summed E-state index contributed by atoms with van der Waals surface area (Å²) in [6.45, 7) is 1.72. The Bertz CT molecular complexity index is 504. The Morgan fingerprint density at radius 2 is 1.61 bits per heavy atom. The van der Waals surface area contributed by atoms with Crippen LogP contribution in [-0.2, 0) is 0 Å². The highest BCUT2D eigenvalue weighted by atomic mass is 16.3. The van der Waals surface area contributed by atoms with Crippen molar-refractivity contribution in [2.45, 2.75) is 6.92 Å². The van der Waals surface area contributed by atoms with E-state index in [9.17, 15) is 4.79 Å². The Kier molecular flexibility index (Phi) is 4.75. The fraction of sp³-hybridized carbons (Fsp3) is 0.0714. The molecule has 0 saturated carbocycles. The summed E-state index contributed by atoms with van der Waals surface area (Å²) in [5, 5.41) is 17.8. The molecule has 0 bridgehead atoms. The summed E-state index contributed by atoms with van der Waals surface area (Å²) in [6, 6.07) is 13.5. The predicted octanol–water partition coefficient (Wildman–Crippen LogP) is 2.19. The highest BCUT2D eigenvalue weighted by Crippen LogP contribution is 2.18. The summed E-state index contributed by atoms with van der Waals surface area (Å²) in [7, 11) is 0. The molecule has 2 aromatic rings. The largest absolute Gasteiger partial charge is 0.508 e. The number of primary amides is 1. The molecule has 0 radical (unpaired) electrons. The molecule has 0 aliphatic heterocycles. The van der Waals surface area contributed by atoms with Crippen LogP contribution in [0.4, 0.5) is 0 Å². The number of nitrogens with two attached hydrogens (primary N) is 1. The van der Waals surface area contributed by atoms with Gasteiger partial charge in [-0.25, -0.2) is 0 Å². The van der Waals surface area contributed by atoms with Gasteiger partial charge in [0.15, 0.2) is 0 Å². The highest BCUT2D eigenvalue weighted by Gasteiger charge is 2.08. The monoisotopic (exact) mass is 245 g/mol. The van der Waals surface area contributed by atoms with Crippen LogP contribution in [0.3, 0.4) is 0 Å². The molecule has 0 aliphatic carbocycles. The van der Waals surface area contributed by atoms with E-state index in [4.69, 9.17) is 15.9 Å². The van der Waals surface area contributed by atoms with Gasteiger partial charge in [0, 0.05) is 0 Å². The molecule has 1 amide bonds. The fourth-order valence-electron chi connectivity index (χ4n) is 1.40. The minimum atomic E-state index is -0.597. The van der Waals surface area contributed by atoms with Crippen molar-refractivity contribution >= 4 is 5.91 Å². The van der Waals surface area contributed by atoms with E-state index in [2.05, 4.69) is 0 Å². The Balaban J connectivity index is 0.000000199. The summed E-state index contributed by atoms with van der Waals surface area (Å²) in [5.41, 5.74) is 5.91. The molecule has 4 N–H and O–H groups in total. The molecule has 2 aromatic carbocycles. The van der Waals surface area contributed by atoms with Gasteiger partial charge in [-0.2, -0.15) is 0 Å². The molecule has 0 heterocycles. The first kappa shape index (κ1) is 13.6. The van der Waals surface area contributed by atoms with E-state index in [-0.39, 0.29) is 11.3 Å². The molecule has 0 saturated heterocycles. The molecule has 4 nitrogen and oxygen atoms in total. The van der Waals surface area contributed by atoms with E-state index in [0.29, 0.717) is 11.3 Å². The molecule has 0 spiro atoms. The van der Waals surface area contributed by atoms with Crippen LogP contribution in [-0.4, -0.2) is 16.1 Å². The Labute approximate surface area is 105 Å². The van der Waals surface area contributed by atoms with Crippen LogP contribution in [0, 0.1) is 6.92 Å². The molecule has 0 aromatic heterocycles. The van der Waals surface area contributed by atoms with Crippen LogP contribution in [0.1, 0.15) is 15.9 Å². The van der Waals surface area contributed by atoms with Crippen LogP contribution in [0.25, 0.3) is 0 Å². The van der Waals surface area contributed by atoms with Gasteiger partial charge in [-0.3, -0.25) is 4.79 Å². The number of hydrogen-bond acceptors (Lipinski definition) is 3. The lowest BCUT2D eigenvalue weighted by Crippen LogP contribution is -2.12. The second kappa shape index (κ2) is 6.30. The van der Waals surface area contributed by atoms with Gasteiger partial charge >= 0.3 is 0 Å². The first-order chi connectivity index (χ1) is 8.52. The fourth-order valence-corrected chi connectivity index (χ4v) is 1.40. The standard InChI is InChI=1S/C8H9NO2.C6H6O/c1-5-3-2-4-6(10)7(5)8(9)11;7-6-4-2-1-3-5-6/h2-4,10H,1H3,(H2,9,11);1-5,7H. The highest BCUT2D eigenvalue weighted by molar-refractivity contribution is 5.96. The molecular weight excluding hydrogens is 230 g/mol. The normalized spacial score (nSPS) is 9.17. The van der Waals surface area contributed by atoms with Gasteiger partial charge in [0.05, 0.1) is 5.56 Å². The summed E-state index contributed by atoms with van der Waals surface area (Å²) < 4.78 is 0. The van der Waals surface area contributed by atoms with Gasteiger partial charge in [-0.05, 0) is 30.7 Å². The number of rotatable bonds is 1. The van der Waals surface area contributed by atoms with E-state index in [1.807, 2.05) is 6.07 Å². The number of carbonyl (C=O) groups excluding carboxylic acids is 1. The number of phenolic OH excluding ortho intramolecular Hbond substituents is 1. The number of carbonyl (C=O) groups is 1. The van der Waals surface area contributed by atoms with Crippen LogP contribution in [0.2, 0.25) is 0 Å². The number of aromatic hydroxyl groups is 2. The molecule has 4 heteroatoms. The van der Waals surface area contributed by atoms with Gasteiger partial charge in [0.2, 0.25) is 0 Å². The molecule has 18 heavy (non-hydrogen) atoms. The number of benzene rings is 2. The van der Waals surface area contributed by atoms with Gasteiger partial charge in [0.25, 0.3) is 5.91 Å². The molecule has 0 unspecified atom stereocenters. The number of amides is 1. The van der Waals surface area contributed by atoms with Crippen molar-refractivity contribution < 1.29 is 15.0 Å². The number of hydrogen-bond donors (Lipinski definition) is 3. The average molecular weight is 245 g/mol. The van der Waals surface area contributed by atoms with Crippen LogP contribution in [0.5, 0.6) is 11.5 Å². The van der Waals surface area contributed by atoms with E-state index in [1.165, 1.54) is 6.07 Å². The van der Waals surface area contributed by atoms with Gasteiger partial charge in [-0.1, -0.05) is 30.3 Å². The lowest BCUT2D eigenvalue weighted by Gasteiger charge is -2.02. The molecule has 0 fully saturated rings. The zero-order valence-corrected chi connectivity index (χ0v) is 10.00. The van der Waals surface area contributed by atoms with Crippen molar-refractivity contribution in [2.24, 2.45) is 5.73 Å². The minimum Gasteiger partial charge on any atom is -0.508 e. The van der Waals surface area contributed by atoms with Gasteiger partial charge in [0.1, 0.15) is 11.5 Å². The van der Waals surface area contributed by atoms with Crippen molar-refractivity contribution in [1.82, 2.24) is 0 Å². The summed E-state index contributed by atoms with van der Waals surface area (Å²) in [6.07, 6.45) is 0. The smallest absolute Gasteiger partial charge is 0.252 e. The van der Waals surface area contributed by atoms with Crippen molar-refractivity contribution in [1.29, 1.82) is 0 Å². The lowest BCUT2D eigenvalue weighted by molar-refractivity contribution is 0.0997. The van der Waals surface area contributed by atoms with Crippen LogP contribution in [0.15, 0.2) is 48.5 Å². The molecule has 0 aliphatic rings. The maximum atomic E-state index is 10.7. The third-order valence-electron chi connectivity index (χ3n) is 2.25. The zero-order valence-electron chi connectivity index (χ0n) is 10.00. The van der Waals surface area contributed by atoms with Crippen molar-refractivity contribution in [3.8, 4) is 11.5 Å². The Morgan fingerprint density at radius 3 is 1.94 bits per heavy atom. The predicted molar refractivity (Wildman–Crippen MR) is 69.5 cm³/mol. The van der Waals surface area contributed by atoms with Crippen molar-refractivity contribution in [3.05, 3.63) is 59.7 Å². The zero-order chi connectivity index (χ0) is 13.5. The number of phenols is 2. The first-order valence-corrected chi connectivity index (χ1v) is 5.34. The molecular formula is C14H15NO3. The van der Waals surface area contributed by atoms with E-state index in [0.717, 1.165) is 0 Å². The second-order valence-electron chi connectivity index (χ2n) is 3.67. The average Bonchev–Trinajstić information content (AvgIpc) is 2.30. The van der Waals surface area contributed by atoms with Crippen molar-refractivity contribution in [3.63, 3.8) is 0 Å². The number of para-hydroxylation sites is 1. The lowest BCUT2D eigenvalue weighted by atomic mass is 10.1. The topological polar surface area (TPSA) is 83.5 Å². The van der Waals surface area contributed by atoms with Gasteiger partial charge < -0.3 is 15.9 Å². The maximum absolute atomic E-state index is 10.7. The van der Waals surface area contributed by atoms with E-state index < -0.39 is 5.91 Å². The Morgan fingerprint density at radius 1 is 1.00 bits per heavy atom. The van der Waals surface area contributed by atoms with Gasteiger partial charge in [-0.15, -0.1) is 0 Å². The van der Waals surface area contributed by atoms with E-state index >= 15 is 0 Å². The van der Waals surface area contributed by atoms with Crippen molar-refractivity contribution in [2.75, 3.05) is 0 Å². The molecule has 0 atom stereocenters. The molecule has 2 rings (SSSR count). The third kappa shape index (κ3) is 3.83. The Hall–Kier alpha value is -2.49. The molecule has 94 valence electrons. The summed E-state index contributed by atoms with van der Waals surface area (Å²) in [5.74, 6) is -0.333. The maximum Gasteiger partial charge on any atom is 0.252 e. The third-order valence-corrected chi connectivity index (χ3v) is 2.25.